The second-order valence-electron chi connectivity index (χ2n) is 4.29. The van der Waals surface area contributed by atoms with Gasteiger partial charge in [-0.1, -0.05) is 30.3 Å². The highest BCUT2D eigenvalue weighted by molar-refractivity contribution is 5.94. The van der Waals surface area contributed by atoms with Crippen molar-refractivity contribution in [2.45, 2.75) is 13.0 Å². The van der Waals surface area contributed by atoms with Gasteiger partial charge in [-0.2, -0.15) is 5.26 Å². The van der Waals surface area contributed by atoms with E-state index in [9.17, 15) is 4.79 Å². The normalized spacial score (nSPS) is 11.4. The van der Waals surface area contributed by atoms with Crippen LogP contribution in [0.1, 0.15) is 34.5 Å². The highest BCUT2D eigenvalue weighted by Gasteiger charge is 2.10. The van der Waals surface area contributed by atoms with Crippen LogP contribution in [0.15, 0.2) is 54.6 Å². The van der Waals surface area contributed by atoms with Crippen molar-refractivity contribution in [3.8, 4) is 6.07 Å². The molecule has 0 spiro atoms. The number of hydrogen-bond donors (Lipinski definition) is 1. The molecule has 0 saturated heterocycles. The molecule has 0 heterocycles. The number of nitrogens with one attached hydrogen (secondary N) is 1. The number of amides is 1. The number of nitrogens with zero attached hydrogens (tertiary/aromatic N) is 1. The summed E-state index contributed by atoms with van der Waals surface area (Å²) in [6.07, 6.45) is 0. The Hall–Kier alpha value is -2.60. The van der Waals surface area contributed by atoms with E-state index >= 15 is 0 Å². The molecule has 2 aromatic carbocycles. The van der Waals surface area contributed by atoms with E-state index in [2.05, 4.69) is 5.32 Å². The van der Waals surface area contributed by atoms with Crippen molar-refractivity contribution in [1.82, 2.24) is 5.32 Å². The smallest absolute Gasteiger partial charge is 0.251 e. The van der Waals surface area contributed by atoms with Gasteiger partial charge in [0.25, 0.3) is 5.91 Å². The molecule has 0 fully saturated rings. The van der Waals surface area contributed by atoms with Gasteiger partial charge < -0.3 is 5.32 Å². The van der Waals surface area contributed by atoms with Crippen LogP contribution in [-0.2, 0) is 0 Å². The van der Waals surface area contributed by atoms with Crippen molar-refractivity contribution in [3.05, 3.63) is 71.3 Å². The third-order valence-corrected chi connectivity index (χ3v) is 2.92. The van der Waals surface area contributed by atoms with E-state index in [0.29, 0.717) is 11.1 Å². The summed E-state index contributed by atoms with van der Waals surface area (Å²) in [7, 11) is 0. The van der Waals surface area contributed by atoms with Crippen LogP contribution < -0.4 is 5.32 Å². The molecular weight excluding hydrogens is 236 g/mol. The van der Waals surface area contributed by atoms with E-state index in [0.717, 1.165) is 5.56 Å². The summed E-state index contributed by atoms with van der Waals surface area (Å²) in [4.78, 5) is 12.0. The van der Waals surface area contributed by atoms with Crippen LogP contribution in [0.2, 0.25) is 0 Å². The maximum Gasteiger partial charge on any atom is 0.251 e. The van der Waals surface area contributed by atoms with Crippen molar-refractivity contribution in [3.63, 3.8) is 0 Å². The first kappa shape index (κ1) is 12.8. The SMILES string of the molecule is C[C@@H](NC(=O)c1ccc(C#N)cc1)c1ccccc1. The average molecular weight is 250 g/mol. The fourth-order valence-electron chi connectivity index (χ4n) is 1.80. The Kier molecular flexibility index (Phi) is 3.94. The first-order valence-electron chi connectivity index (χ1n) is 6.06. The quantitative estimate of drug-likeness (QED) is 0.910. The minimum atomic E-state index is -0.138. The first-order valence-corrected chi connectivity index (χ1v) is 6.06. The maximum absolute atomic E-state index is 12.0. The van der Waals surface area contributed by atoms with Gasteiger partial charge in [-0.25, -0.2) is 0 Å². The summed E-state index contributed by atoms with van der Waals surface area (Å²) in [5.74, 6) is -0.138. The molecule has 0 aromatic heterocycles. The van der Waals surface area contributed by atoms with E-state index in [-0.39, 0.29) is 11.9 Å². The summed E-state index contributed by atoms with van der Waals surface area (Å²) < 4.78 is 0. The number of carbonyl (C=O) groups is 1. The van der Waals surface area contributed by atoms with E-state index in [4.69, 9.17) is 5.26 Å². The molecule has 2 rings (SSSR count). The molecule has 3 heteroatoms. The largest absolute Gasteiger partial charge is 0.346 e. The standard InChI is InChI=1S/C16H14N2O/c1-12(14-5-3-2-4-6-14)18-16(19)15-9-7-13(11-17)8-10-15/h2-10,12H,1H3,(H,18,19)/t12-/m1/s1. The number of carbonyl (C=O) groups excluding carboxylic acids is 1. The maximum atomic E-state index is 12.0. The molecule has 2 aromatic rings. The van der Waals surface area contributed by atoms with Crippen molar-refractivity contribution in [2.24, 2.45) is 0 Å². The van der Waals surface area contributed by atoms with Gasteiger partial charge in [0, 0.05) is 5.56 Å². The number of nitriles is 1. The van der Waals surface area contributed by atoms with E-state index in [1.54, 1.807) is 24.3 Å². The second-order valence-corrected chi connectivity index (χ2v) is 4.29. The van der Waals surface area contributed by atoms with Gasteiger partial charge in [-0.3, -0.25) is 4.79 Å². The molecule has 0 aliphatic rings. The zero-order chi connectivity index (χ0) is 13.7. The topological polar surface area (TPSA) is 52.9 Å². The summed E-state index contributed by atoms with van der Waals surface area (Å²) in [6.45, 7) is 1.94. The molecule has 1 N–H and O–H groups in total. The van der Waals surface area contributed by atoms with Gasteiger partial charge in [0.1, 0.15) is 0 Å². The van der Waals surface area contributed by atoms with E-state index in [1.165, 1.54) is 0 Å². The molecule has 19 heavy (non-hydrogen) atoms. The highest BCUT2D eigenvalue weighted by atomic mass is 16.1. The van der Waals surface area contributed by atoms with Crippen LogP contribution >= 0.6 is 0 Å². The van der Waals surface area contributed by atoms with E-state index in [1.807, 2.05) is 43.3 Å². The predicted molar refractivity (Wildman–Crippen MR) is 73.5 cm³/mol. The predicted octanol–water partition coefficient (Wildman–Crippen LogP) is 3.05. The Labute approximate surface area is 112 Å². The fraction of sp³-hybridized carbons (Fsp3) is 0.125. The minimum absolute atomic E-state index is 0.0515. The zero-order valence-electron chi connectivity index (χ0n) is 10.6. The Morgan fingerprint density at radius 1 is 1.11 bits per heavy atom. The van der Waals surface area contributed by atoms with Gasteiger partial charge in [0.2, 0.25) is 0 Å². The van der Waals surface area contributed by atoms with Crippen molar-refractivity contribution >= 4 is 5.91 Å². The molecule has 3 nitrogen and oxygen atoms in total. The third-order valence-electron chi connectivity index (χ3n) is 2.92. The van der Waals surface area contributed by atoms with Gasteiger partial charge >= 0.3 is 0 Å². The van der Waals surface area contributed by atoms with Crippen LogP contribution in [0.3, 0.4) is 0 Å². The molecule has 0 aliphatic heterocycles. The third kappa shape index (κ3) is 3.20. The Morgan fingerprint density at radius 3 is 2.32 bits per heavy atom. The van der Waals surface area contributed by atoms with Gasteiger partial charge in [0.15, 0.2) is 0 Å². The number of benzene rings is 2. The summed E-state index contributed by atoms with van der Waals surface area (Å²) in [5.41, 5.74) is 2.17. The Bertz CT molecular complexity index is 597. The molecule has 0 radical (unpaired) electrons. The second kappa shape index (κ2) is 5.83. The van der Waals surface area contributed by atoms with Crippen LogP contribution in [-0.4, -0.2) is 5.91 Å². The molecule has 0 unspecified atom stereocenters. The summed E-state index contributed by atoms with van der Waals surface area (Å²) in [5, 5.41) is 11.6. The highest BCUT2D eigenvalue weighted by Crippen LogP contribution is 2.12. The molecule has 94 valence electrons. The number of rotatable bonds is 3. The lowest BCUT2D eigenvalue weighted by Gasteiger charge is -2.14. The monoisotopic (exact) mass is 250 g/mol. The van der Waals surface area contributed by atoms with Crippen molar-refractivity contribution in [2.75, 3.05) is 0 Å². The number of hydrogen-bond acceptors (Lipinski definition) is 2. The van der Waals surface area contributed by atoms with Crippen LogP contribution in [0.25, 0.3) is 0 Å². The minimum Gasteiger partial charge on any atom is -0.346 e. The van der Waals surface area contributed by atoms with Crippen molar-refractivity contribution < 1.29 is 4.79 Å². The molecule has 0 saturated carbocycles. The lowest BCUT2D eigenvalue weighted by Crippen LogP contribution is -2.26. The van der Waals surface area contributed by atoms with Crippen LogP contribution in [0.5, 0.6) is 0 Å². The van der Waals surface area contributed by atoms with Crippen molar-refractivity contribution in [1.29, 1.82) is 5.26 Å². The van der Waals surface area contributed by atoms with E-state index < -0.39 is 0 Å². The summed E-state index contributed by atoms with van der Waals surface area (Å²) >= 11 is 0. The molecule has 1 amide bonds. The lowest BCUT2D eigenvalue weighted by molar-refractivity contribution is 0.0940. The van der Waals surface area contributed by atoms with Crippen LogP contribution in [0.4, 0.5) is 0 Å². The average Bonchev–Trinajstić information content (AvgIpc) is 2.48. The summed E-state index contributed by atoms with van der Waals surface area (Å²) in [6, 6.07) is 18.4. The first-order chi connectivity index (χ1) is 9.20. The van der Waals surface area contributed by atoms with Crippen LogP contribution in [0, 0.1) is 11.3 Å². The van der Waals surface area contributed by atoms with Gasteiger partial charge in [-0.15, -0.1) is 0 Å². The molecular formula is C16H14N2O. The fourth-order valence-corrected chi connectivity index (χ4v) is 1.80. The lowest BCUT2D eigenvalue weighted by atomic mass is 10.1. The van der Waals surface area contributed by atoms with Gasteiger partial charge in [-0.05, 0) is 36.8 Å². The van der Waals surface area contributed by atoms with Gasteiger partial charge in [0.05, 0.1) is 17.7 Å². The Balaban J connectivity index is 2.06. The molecule has 0 aliphatic carbocycles. The molecule has 0 bridgehead atoms. The zero-order valence-corrected chi connectivity index (χ0v) is 10.6. The molecule has 1 atom stereocenters. The Morgan fingerprint density at radius 2 is 1.74 bits per heavy atom.